The fourth-order valence-corrected chi connectivity index (χ4v) is 1.35. The fourth-order valence-electron chi connectivity index (χ4n) is 1.35. The van der Waals surface area contributed by atoms with E-state index < -0.39 is 0 Å². The van der Waals surface area contributed by atoms with Crippen molar-refractivity contribution in [3.63, 3.8) is 0 Å². The van der Waals surface area contributed by atoms with E-state index in [0.717, 1.165) is 0 Å². The van der Waals surface area contributed by atoms with E-state index in [1.807, 2.05) is 6.92 Å². The highest BCUT2D eigenvalue weighted by Gasteiger charge is 2.30. The van der Waals surface area contributed by atoms with Gasteiger partial charge in [-0.15, -0.1) is 0 Å². The quantitative estimate of drug-likeness (QED) is 0.548. The maximum absolute atomic E-state index is 11.1. The Labute approximate surface area is 66.3 Å². The van der Waals surface area contributed by atoms with Gasteiger partial charge >= 0.3 is 0 Å². The van der Waals surface area contributed by atoms with E-state index >= 15 is 0 Å². The summed E-state index contributed by atoms with van der Waals surface area (Å²) in [5.74, 6) is -0.0888. The number of rotatable bonds is 1. The van der Waals surface area contributed by atoms with Crippen LogP contribution in [0.1, 0.15) is 13.3 Å². The Hall–Kier alpha value is -0.830. The summed E-state index contributed by atoms with van der Waals surface area (Å²) in [5, 5.41) is 9.28. The molecule has 0 saturated carbocycles. The van der Waals surface area contributed by atoms with Gasteiger partial charge in [-0.25, -0.2) is 0 Å². The minimum atomic E-state index is -0.362. The van der Waals surface area contributed by atoms with Crippen molar-refractivity contribution in [2.45, 2.75) is 25.5 Å². The molecule has 1 saturated heterocycles. The van der Waals surface area contributed by atoms with E-state index in [2.05, 4.69) is 6.58 Å². The average Bonchev–Trinajstić information content (AvgIpc) is 2.32. The molecule has 0 aromatic rings. The van der Waals surface area contributed by atoms with Crippen LogP contribution in [0.5, 0.6) is 0 Å². The van der Waals surface area contributed by atoms with Crippen LogP contribution in [-0.4, -0.2) is 34.6 Å². The summed E-state index contributed by atoms with van der Waals surface area (Å²) in [6.07, 6.45) is 1.61. The number of aliphatic hydroxyl groups is 1. The van der Waals surface area contributed by atoms with Crippen molar-refractivity contribution in [1.82, 2.24) is 4.90 Å². The Morgan fingerprint density at radius 3 is 2.82 bits per heavy atom. The minimum Gasteiger partial charge on any atom is -0.391 e. The SMILES string of the molecule is C=CC(=O)N1CC[C@@H](O)[C@H]1C. The van der Waals surface area contributed by atoms with Gasteiger partial charge in [-0.2, -0.15) is 0 Å². The lowest BCUT2D eigenvalue weighted by Gasteiger charge is -2.20. The Morgan fingerprint density at radius 1 is 1.82 bits per heavy atom. The van der Waals surface area contributed by atoms with Gasteiger partial charge < -0.3 is 10.0 Å². The molecular formula is C8H13NO2. The maximum atomic E-state index is 11.1. The maximum Gasteiger partial charge on any atom is 0.246 e. The average molecular weight is 155 g/mol. The van der Waals surface area contributed by atoms with Crippen molar-refractivity contribution in [3.8, 4) is 0 Å². The van der Waals surface area contributed by atoms with Crippen molar-refractivity contribution in [2.75, 3.05) is 6.54 Å². The molecule has 0 unspecified atom stereocenters. The van der Waals surface area contributed by atoms with Gasteiger partial charge in [0.1, 0.15) is 0 Å². The second-order valence-corrected chi connectivity index (χ2v) is 2.83. The molecule has 0 aliphatic carbocycles. The molecule has 1 heterocycles. The van der Waals surface area contributed by atoms with Gasteiger partial charge in [-0.3, -0.25) is 4.79 Å². The van der Waals surface area contributed by atoms with Gasteiger partial charge in [0.05, 0.1) is 12.1 Å². The van der Waals surface area contributed by atoms with Crippen LogP contribution in [-0.2, 0) is 4.79 Å². The molecule has 3 nitrogen and oxygen atoms in total. The minimum absolute atomic E-state index is 0.0551. The first kappa shape index (κ1) is 8.27. The molecule has 0 aromatic carbocycles. The lowest BCUT2D eigenvalue weighted by molar-refractivity contribution is -0.127. The first-order valence-electron chi connectivity index (χ1n) is 3.78. The number of amides is 1. The largest absolute Gasteiger partial charge is 0.391 e. The third-order valence-corrected chi connectivity index (χ3v) is 2.17. The number of carbonyl (C=O) groups is 1. The molecular weight excluding hydrogens is 142 g/mol. The van der Waals surface area contributed by atoms with Crippen molar-refractivity contribution in [3.05, 3.63) is 12.7 Å². The summed E-state index contributed by atoms with van der Waals surface area (Å²) in [6.45, 7) is 5.88. The molecule has 2 atom stereocenters. The van der Waals surface area contributed by atoms with E-state index in [0.29, 0.717) is 13.0 Å². The standard InChI is InChI=1S/C8H13NO2/c1-3-8(11)9-5-4-7(10)6(9)2/h3,6-7,10H,1,4-5H2,2H3/t6-,7-/m1/s1. The number of hydrogen-bond donors (Lipinski definition) is 1. The molecule has 1 amide bonds. The fraction of sp³-hybridized carbons (Fsp3) is 0.625. The van der Waals surface area contributed by atoms with E-state index in [4.69, 9.17) is 0 Å². The number of hydrogen-bond acceptors (Lipinski definition) is 2. The summed E-state index contributed by atoms with van der Waals surface area (Å²) in [7, 11) is 0. The monoisotopic (exact) mass is 155 g/mol. The number of nitrogens with zero attached hydrogens (tertiary/aromatic N) is 1. The zero-order valence-electron chi connectivity index (χ0n) is 6.66. The van der Waals surface area contributed by atoms with Gasteiger partial charge in [0.2, 0.25) is 5.91 Å². The second-order valence-electron chi connectivity index (χ2n) is 2.83. The third-order valence-electron chi connectivity index (χ3n) is 2.17. The van der Waals surface area contributed by atoms with Crippen LogP contribution in [0.3, 0.4) is 0 Å². The van der Waals surface area contributed by atoms with Crippen LogP contribution >= 0.6 is 0 Å². The molecule has 62 valence electrons. The first-order valence-corrected chi connectivity index (χ1v) is 3.78. The van der Waals surface area contributed by atoms with Crippen LogP contribution in [0.25, 0.3) is 0 Å². The van der Waals surface area contributed by atoms with E-state index in [1.165, 1.54) is 6.08 Å². The normalized spacial score (nSPS) is 30.5. The van der Waals surface area contributed by atoms with Crippen molar-refractivity contribution < 1.29 is 9.90 Å². The summed E-state index contributed by atoms with van der Waals surface area (Å²) in [5.41, 5.74) is 0. The molecule has 3 heteroatoms. The Balaban J connectivity index is 2.61. The van der Waals surface area contributed by atoms with Crippen molar-refractivity contribution in [1.29, 1.82) is 0 Å². The number of carbonyl (C=O) groups excluding carboxylic acids is 1. The van der Waals surface area contributed by atoms with Crippen molar-refractivity contribution >= 4 is 5.91 Å². The van der Waals surface area contributed by atoms with Crippen LogP contribution in [0.4, 0.5) is 0 Å². The lowest BCUT2D eigenvalue weighted by Crippen LogP contribution is -2.36. The smallest absolute Gasteiger partial charge is 0.246 e. The first-order chi connectivity index (χ1) is 5.16. The zero-order chi connectivity index (χ0) is 8.43. The zero-order valence-corrected chi connectivity index (χ0v) is 6.66. The van der Waals surface area contributed by atoms with Gasteiger partial charge in [0, 0.05) is 6.54 Å². The third kappa shape index (κ3) is 1.43. The predicted octanol–water partition coefficient (Wildman–Crippen LogP) is 0.154. The second kappa shape index (κ2) is 3.05. The van der Waals surface area contributed by atoms with Crippen LogP contribution < -0.4 is 0 Å². The van der Waals surface area contributed by atoms with Gasteiger partial charge in [0.25, 0.3) is 0 Å². The number of likely N-dealkylation sites (tertiary alicyclic amines) is 1. The summed E-state index contributed by atoms with van der Waals surface area (Å²) < 4.78 is 0. The predicted molar refractivity (Wildman–Crippen MR) is 42.0 cm³/mol. The van der Waals surface area contributed by atoms with E-state index in [9.17, 15) is 9.90 Å². The summed E-state index contributed by atoms with van der Waals surface area (Å²) in [4.78, 5) is 12.7. The summed E-state index contributed by atoms with van der Waals surface area (Å²) in [6, 6.07) is -0.0551. The van der Waals surface area contributed by atoms with Crippen LogP contribution in [0, 0.1) is 0 Å². The summed E-state index contributed by atoms with van der Waals surface area (Å²) >= 11 is 0. The van der Waals surface area contributed by atoms with Gasteiger partial charge in [-0.05, 0) is 19.4 Å². The highest BCUT2D eigenvalue weighted by Crippen LogP contribution is 2.17. The Bertz CT molecular complexity index is 179. The molecule has 0 spiro atoms. The lowest BCUT2D eigenvalue weighted by atomic mass is 10.2. The Morgan fingerprint density at radius 2 is 2.45 bits per heavy atom. The van der Waals surface area contributed by atoms with Crippen molar-refractivity contribution in [2.24, 2.45) is 0 Å². The molecule has 1 aliphatic rings. The van der Waals surface area contributed by atoms with Crippen LogP contribution in [0.2, 0.25) is 0 Å². The molecule has 1 N–H and O–H groups in total. The topological polar surface area (TPSA) is 40.5 Å². The van der Waals surface area contributed by atoms with Gasteiger partial charge in [-0.1, -0.05) is 6.58 Å². The van der Waals surface area contributed by atoms with Crippen LogP contribution in [0.15, 0.2) is 12.7 Å². The van der Waals surface area contributed by atoms with Gasteiger partial charge in [0.15, 0.2) is 0 Å². The molecule has 0 radical (unpaired) electrons. The molecule has 11 heavy (non-hydrogen) atoms. The molecule has 1 rings (SSSR count). The van der Waals surface area contributed by atoms with E-state index in [1.54, 1.807) is 4.90 Å². The Kier molecular flexibility index (Phi) is 2.29. The molecule has 0 bridgehead atoms. The molecule has 0 aromatic heterocycles. The van der Waals surface area contributed by atoms with E-state index in [-0.39, 0.29) is 18.1 Å². The molecule has 1 aliphatic heterocycles. The number of aliphatic hydroxyl groups excluding tert-OH is 1. The highest BCUT2D eigenvalue weighted by molar-refractivity contribution is 5.87. The highest BCUT2D eigenvalue weighted by atomic mass is 16.3. The molecule has 1 fully saturated rings.